The maximum Gasteiger partial charge on any atom is 0.151 e. The molecule has 2 fully saturated rings. The van der Waals surface area contributed by atoms with Crippen molar-refractivity contribution in [2.24, 2.45) is 5.92 Å². The van der Waals surface area contributed by atoms with Crippen molar-refractivity contribution in [2.75, 3.05) is 38.3 Å². The summed E-state index contributed by atoms with van der Waals surface area (Å²) in [5, 5.41) is 8.31. The van der Waals surface area contributed by atoms with Crippen LogP contribution < -0.4 is 4.90 Å². The van der Waals surface area contributed by atoms with Crippen molar-refractivity contribution in [3.8, 4) is 0 Å². The third-order valence-electron chi connectivity index (χ3n) is 3.99. The van der Waals surface area contributed by atoms with Gasteiger partial charge in [0.15, 0.2) is 5.82 Å². The second kappa shape index (κ2) is 4.48. The van der Waals surface area contributed by atoms with Gasteiger partial charge in [-0.25, -0.2) is 0 Å². The molecule has 0 amide bonds. The van der Waals surface area contributed by atoms with Crippen molar-refractivity contribution in [2.45, 2.75) is 18.9 Å². The van der Waals surface area contributed by atoms with Crippen molar-refractivity contribution < 1.29 is 9.47 Å². The summed E-state index contributed by atoms with van der Waals surface area (Å²) in [6.07, 6.45) is 1.10. The zero-order valence-corrected chi connectivity index (χ0v) is 10.9. The van der Waals surface area contributed by atoms with Gasteiger partial charge in [0.25, 0.3) is 0 Å². The number of methoxy groups -OCH3 is 1. The van der Waals surface area contributed by atoms with Crippen LogP contribution in [-0.2, 0) is 9.47 Å². The quantitative estimate of drug-likeness (QED) is 0.800. The van der Waals surface area contributed by atoms with Crippen LogP contribution in [0.1, 0.15) is 12.1 Å². The molecule has 0 saturated carbocycles. The fraction of sp³-hybridized carbons (Fsp3) is 0.692. The molecule has 5 nitrogen and oxygen atoms in total. The van der Waals surface area contributed by atoms with Gasteiger partial charge in [-0.3, -0.25) is 0 Å². The normalized spacial score (nSPS) is 25.4. The summed E-state index contributed by atoms with van der Waals surface area (Å²) in [5.74, 6) is 1.45. The second-order valence-corrected chi connectivity index (χ2v) is 5.24. The predicted octanol–water partition coefficient (Wildman–Crippen LogP) is 1.03. The molecule has 0 N–H and O–H groups in total. The molecule has 0 bridgehead atoms. The Balaban J connectivity index is 1.66. The van der Waals surface area contributed by atoms with E-state index in [2.05, 4.69) is 15.1 Å². The van der Waals surface area contributed by atoms with Crippen LogP contribution in [-0.4, -0.2) is 49.2 Å². The van der Waals surface area contributed by atoms with E-state index in [9.17, 15) is 0 Å². The highest BCUT2D eigenvalue weighted by Crippen LogP contribution is 2.41. The van der Waals surface area contributed by atoms with E-state index in [-0.39, 0.29) is 5.60 Å². The van der Waals surface area contributed by atoms with Crippen molar-refractivity contribution in [3.63, 3.8) is 0 Å². The molecular weight excluding hydrogens is 230 g/mol. The number of nitrogens with zero attached hydrogens (tertiary/aromatic N) is 3. The van der Waals surface area contributed by atoms with Crippen molar-refractivity contribution in [1.29, 1.82) is 0 Å². The zero-order chi connectivity index (χ0) is 12.6. The monoisotopic (exact) mass is 249 g/mol. The number of aryl methyl sites for hydroxylation is 1. The predicted molar refractivity (Wildman–Crippen MR) is 67.6 cm³/mol. The van der Waals surface area contributed by atoms with Crippen molar-refractivity contribution in [1.82, 2.24) is 10.2 Å². The lowest BCUT2D eigenvalue weighted by atomic mass is 9.81. The molecule has 2 aliphatic rings. The van der Waals surface area contributed by atoms with Crippen LogP contribution in [0.4, 0.5) is 5.82 Å². The van der Waals surface area contributed by atoms with Crippen LogP contribution >= 0.6 is 0 Å². The molecule has 5 heteroatoms. The molecule has 0 aromatic carbocycles. The summed E-state index contributed by atoms with van der Waals surface area (Å²) in [4.78, 5) is 2.22. The van der Waals surface area contributed by atoms with E-state index in [0.29, 0.717) is 5.92 Å². The second-order valence-electron chi connectivity index (χ2n) is 5.24. The lowest BCUT2D eigenvalue weighted by molar-refractivity contribution is -0.0591. The Bertz CT molecular complexity index is 415. The first-order chi connectivity index (χ1) is 8.73. The van der Waals surface area contributed by atoms with Gasteiger partial charge in [0.1, 0.15) is 5.60 Å². The van der Waals surface area contributed by atoms with Crippen LogP contribution in [0.25, 0.3) is 0 Å². The van der Waals surface area contributed by atoms with Crippen molar-refractivity contribution in [3.05, 3.63) is 17.8 Å². The van der Waals surface area contributed by atoms with Gasteiger partial charge >= 0.3 is 0 Å². The van der Waals surface area contributed by atoms with Gasteiger partial charge in [-0.2, -0.15) is 5.10 Å². The summed E-state index contributed by atoms with van der Waals surface area (Å²) >= 11 is 0. The fourth-order valence-corrected chi connectivity index (χ4v) is 2.89. The molecule has 1 spiro atoms. The standard InChI is InChI=1S/C13H19N3O2/c1-10-3-4-12(15-14-10)16-8-13(9-16)11(7-17-2)5-6-18-13/h3-4,11H,5-9H2,1-2H3/t11-/m1/s1. The third kappa shape index (κ3) is 1.87. The van der Waals surface area contributed by atoms with Gasteiger partial charge in [0.2, 0.25) is 0 Å². The third-order valence-corrected chi connectivity index (χ3v) is 3.99. The Morgan fingerprint density at radius 2 is 2.28 bits per heavy atom. The average Bonchev–Trinajstić information content (AvgIpc) is 2.73. The number of hydrogen-bond acceptors (Lipinski definition) is 5. The topological polar surface area (TPSA) is 47.5 Å². The Morgan fingerprint density at radius 1 is 1.44 bits per heavy atom. The Hall–Kier alpha value is -1.20. The number of ether oxygens (including phenoxy) is 2. The number of aromatic nitrogens is 2. The van der Waals surface area contributed by atoms with Gasteiger partial charge in [0, 0.05) is 19.6 Å². The molecule has 98 valence electrons. The molecule has 0 unspecified atom stereocenters. The molecule has 3 rings (SSSR count). The minimum atomic E-state index is -0.0113. The van der Waals surface area contributed by atoms with E-state index in [1.807, 2.05) is 19.1 Å². The number of rotatable bonds is 3. The Labute approximate surface area is 107 Å². The molecule has 0 aliphatic carbocycles. The van der Waals surface area contributed by atoms with E-state index in [4.69, 9.17) is 9.47 Å². The Kier molecular flexibility index (Phi) is 2.95. The summed E-state index contributed by atoms with van der Waals surface area (Å²) in [5.41, 5.74) is 0.936. The smallest absolute Gasteiger partial charge is 0.151 e. The molecule has 2 saturated heterocycles. The Morgan fingerprint density at radius 3 is 2.94 bits per heavy atom. The maximum absolute atomic E-state index is 5.95. The lowest BCUT2D eigenvalue weighted by Crippen LogP contribution is -2.65. The van der Waals surface area contributed by atoms with Gasteiger partial charge in [-0.15, -0.1) is 5.10 Å². The summed E-state index contributed by atoms with van der Waals surface area (Å²) < 4.78 is 11.2. The molecule has 2 aliphatic heterocycles. The molecule has 0 radical (unpaired) electrons. The highest BCUT2D eigenvalue weighted by atomic mass is 16.5. The summed E-state index contributed by atoms with van der Waals surface area (Å²) in [6, 6.07) is 4.02. The molecule has 1 aromatic rings. The van der Waals surface area contributed by atoms with E-state index >= 15 is 0 Å². The van der Waals surface area contributed by atoms with Gasteiger partial charge in [0.05, 0.1) is 25.4 Å². The average molecular weight is 249 g/mol. The SMILES string of the molecule is COC[C@H]1CCOC12CN(c1ccc(C)nn1)C2. The first-order valence-electron chi connectivity index (χ1n) is 6.42. The largest absolute Gasteiger partial charge is 0.384 e. The van der Waals surface area contributed by atoms with E-state index in [1.165, 1.54) is 0 Å². The van der Waals surface area contributed by atoms with Crippen LogP contribution in [0.2, 0.25) is 0 Å². The number of hydrogen-bond donors (Lipinski definition) is 0. The minimum absolute atomic E-state index is 0.0113. The number of anilines is 1. The highest BCUT2D eigenvalue weighted by Gasteiger charge is 2.53. The minimum Gasteiger partial charge on any atom is -0.384 e. The van der Waals surface area contributed by atoms with Crippen LogP contribution in [0, 0.1) is 12.8 Å². The summed E-state index contributed by atoms with van der Waals surface area (Å²) in [7, 11) is 1.76. The first-order valence-corrected chi connectivity index (χ1v) is 6.42. The first kappa shape index (κ1) is 11.9. The van der Waals surface area contributed by atoms with Gasteiger partial charge in [-0.1, -0.05) is 0 Å². The van der Waals surface area contributed by atoms with Gasteiger partial charge < -0.3 is 14.4 Å². The molecule has 1 atom stereocenters. The maximum atomic E-state index is 5.95. The highest BCUT2D eigenvalue weighted by molar-refractivity contribution is 5.43. The van der Waals surface area contributed by atoms with Gasteiger partial charge in [-0.05, 0) is 25.5 Å². The van der Waals surface area contributed by atoms with E-state index in [1.54, 1.807) is 7.11 Å². The van der Waals surface area contributed by atoms with Crippen LogP contribution in [0.3, 0.4) is 0 Å². The van der Waals surface area contributed by atoms with Crippen molar-refractivity contribution >= 4 is 5.82 Å². The van der Waals surface area contributed by atoms with Crippen LogP contribution in [0.15, 0.2) is 12.1 Å². The lowest BCUT2D eigenvalue weighted by Gasteiger charge is -2.50. The molecule has 1 aromatic heterocycles. The molecule has 3 heterocycles. The summed E-state index contributed by atoms with van der Waals surface area (Å²) in [6.45, 7) is 5.38. The molecular formula is C13H19N3O2. The molecule has 18 heavy (non-hydrogen) atoms. The zero-order valence-electron chi connectivity index (χ0n) is 10.9. The van der Waals surface area contributed by atoms with E-state index < -0.39 is 0 Å². The van der Waals surface area contributed by atoms with E-state index in [0.717, 1.165) is 44.2 Å². The fourth-order valence-electron chi connectivity index (χ4n) is 2.89. The van der Waals surface area contributed by atoms with Crippen LogP contribution in [0.5, 0.6) is 0 Å².